The molecule has 0 unspecified atom stereocenters. The van der Waals surface area contributed by atoms with Crippen LogP contribution in [0.5, 0.6) is 0 Å². The maximum atomic E-state index is 13.0. The number of halogens is 4. The normalized spacial score (nSPS) is 11.8. The molecular weight excluding hydrogens is 198 g/mol. The zero-order valence-corrected chi connectivity index (χ0v) is 7.24. The molecule has 14 heavy (non-hydrogen) atoms. The number of rotatable bonds is 2. The minimum atomic E-state index is -4.38. The molecule has 1 rings (SSSR count). The van der Waals surface area contributed by atoms with Crippen LogP contribution in [-0.4, -0.2) is 6.18 Å². The minimum absolute atomic E-state index is 0.114. The van der Waals surface area contributed by atoms with Crippen LogP contribution in [0.2, 0.25) is 0 Å². The summed E-state index contributed by atoms with van der Waals surface area (Å²) in [5.74, 6) is -0.856. The largest absolute Gasteiger partial charge is 0.393 e. The SMILES string of the molecule is NCc1ccc(CC(F)(F)F)c(F)c1. The predicted molar refractivity (Wildman–Crippen MR) is 44.1 cm³/mol. The molecule has 5 heteroatoms. The van der Waals surface area contributed by atoms with Gasteiger partial charge in [0.2, 0.25) is 0 Å². The molecule has 2 N–H and O–H groups in total. The van der Waals surface area contributed by atoms with Crippen molar-refractivity contribution < 1.29 is 17.6 Å². The molecule has 1 aromatic rings. The Hall–Kier alpha value is -1.10. The summed E-state index contributed by atoms with van der Waals surface area (Å²) in [6.45, 7) is 0.114. The van der Waals surface area contributed by atoms with E-state index in [0.29, 0.717) is 5.56 Å². The summed E-state index contributed by atoms with van der Waals surface area (Å²) in [6.07, 6.45) is -5.63. The van der Waals surface area contributed by atoms with Gasteiger partial charge < -0.3 is 5.73 Å². The second-order valence-electron chi connectivity index (χ2n) is 2.92. The van der Waals surface area contributed by atoms with E-state index in [1.807, 2.05) is 0 Å². The van der Waals surface area contributed by atoms with Gasteiger partial charge in [0.15, 0.2) is 0 Å². The first kappa shape index (κ1) is 11.0. The Morgan fingerprint density at radius 1 is 1.21 bits per heavy atom. The highest BCUT2D eigenvalue weighted by Crippen LogP contribution is 2.23. The highest BCUT2D eigenvalue weighted by atomic mass is 19.4. The number of hydrogen-bond donors (Lipinski definition) is 1. The van der Waals surface area contributed by atoms with Crippen molar-refractivity contribution in [3.63, 3.8) is 0 Å². The van der Waals surface area contributed by atoms with Crippen molar-refractivity contribution in [1.29, 1.82) is 0 Å². The van der Waals surface area contributed by atoms with E-state index in [0.717, 1.165) is 12.1 Å². The molecule has 0 aliphatic heterocycles. The summed E-state index contributed by atoms with van der Waals surface area (Å²) in [4.78, 5) is 0. The standard InChI is InChI=1S/C9H9F4N/c10-8-3-6(5-14)1-2-7(8)4-9(11,12)13/h1-3H,4-5,14H2. The van der Waals surface area contributed by atoms with E-state index in [-0.39, 0.29) is 12.1 Å². The quantitative estimate of drug-likeness (QED) is 0.740. The summed E-state index contributed by atoms with van der Waals surface area (Å²) in [5.41, 5.74) is 5.34. The van der Waals surface area contributed by atoms with Gasteiger partial charge in [0.05, 0.1) is 6.42 Å². The molecule has 0 aromatic heterocycles. The van der Waals surface area contributed by atoms with Crippen molar-refractivity contribution in [2.45, 2.75) is 19.1 Å². The molecule has 0 saturated heterocycles. The molecule has 0 fully saturated rings. The van der Waals surface area contributed by atoms with Gasteiger partial charge in [0.1, 0.15) is 5.82 Å². The molecule has 0 heterocycles. The van der Waals surface area contributed by atoms with E-state index in [9.17, 15) is 17.6 Å². The number of nitrogens with two attached hydrogens (primary N) is 1. The average Bonchev–Trinajstić information content (AvgIpc) is 2.06. The van der Waals surface area contributed by atoms with E-state index in [4.69, 9.17) is 5.73 Å². The van der Waals surface area contributed by atoms with E-state index in [1.165, 1.54) is 6.07 Å². The van der Waals surface area contributed by atoms with Crippen LogP contribution in [0.3, 0.4) is 0 Å². The minimum Gasteiger partial charge on any atom is -0.326 e. The molecule has 0 amide bonds. The summed E-state index contributed by atoms with van der Waals surface area (Å²) >= 11 is 0. The van der Waals surface area contributed by atoms with E-state index in [2.05, 4.69) is 0 Å². The maximum absolute atomic E-state index is 13.0. The molecule has 0 atom stereocenters. The fraction of sp³-hybridized carbons (Fsp3) is 0.333. The van der Waals surface area contributed by atoms with Gasteiger partial charge in [-0.1, -0.05) is 12.1 Å². The average molecular weight is 207 g/mol. The maximum Gasteiger partial charge on any atom is 0.393 e. The molecule has 1 aromatic carbocycles. The molecule has 1 nitrogen and oxygen atoms in total. The second-order valence-corrected chi connectivity index (χ2v) is 2.92. The van der Waals surface area contributed by atoms with Crippen molar-refractivity contribution in [2.24, 2.45) is 5.73 Å². The molecule has 0 aliphatic rings. The van der Waals surface area contributed by atoms with Crippen molar-refractivity contribution in [2.75, 3.05) is 0 Å². The highest BCUT2D eigenvalue weighted by molar-refractivity contribution is 5.24. The Morgan fingerprint density at radius 2 is 1.86 bits per heavy atom. The fourth-order valence-electron chi connectivity index (χ4n) is 1.08. The first-order valence-corrected chi connectivity index (χ1v) is 3.96. The predicted octanol–water partition coefficient (Wildman–Crippen LogP) is 2.39. The van der Waals surface area contributed by atoms with Crippen LogP contribution in [0.25, 0.3) is 0 Å². The van der Waals surface area contributed by atoms with Crippen LogP contribution in [0.4, 0.5) is 17.6 Å². The van der Waals surface area contributed by atoms with Gasteiger partial charge in [-0.15, -0.1) is 0 Å². The van der Waals surface area contributed by atoms with Crippen LogP contribution >= 0.6 is 0 Å². The highest BCUT2D eigenvalue weighted by Gasteiger charge is 2.28. The molecular formula is C9H9F4N. The summed E-state index contributed by atoms with van der Waals surface area (Å²) in [7, 11) is 0. The number of alkyl halides is 3. The third-order valence-corrected chi connectivity index (χ3v) is 1.74. The van der Waals surface area contributed by atoms with Crippen molar-refractivity contribution in [1.82, 2.24) is 0 Å². The summed E-state index contributed by atoms with van der Waals surface area (Å²) in [5, 5.41) is 0. The van der Waals surface area contributed by atoms with Gasteiger partial charge >= 0.3 is 6.18 Å². The van der Waals surface area contributed by atoms with Crippen LogP contribution in [0.1, 0.15) is 11.1 Å². The van der Waals surface area contributed by atoms with Crippen LogP contribution in [0.15, 0.2) is 18.2 Å². The topological polar surface area (TPSA) is 26.0 Å². The third-order valence-electron chi connectivity index (χ3n) is 1.74. The Balaban J connectivity index is 2.89. The van der Waals surface area contributed by atoms with Crippen LogP contribution < -0.4 is 5.73 Å². The third kappa shape index (κ3) is 2.99. The Labute approximate surface area is 78.5 Å². The number of benzene rings is 1. The molecule has 0 spiro atoms. The zero-order valence-electron chi connectivity index (χ0n) is 7.24. The van der Waals surface area contributed by atoms with Crippen molar-refractivity contribution in [3.05, 3.63) is 35.1 Å². The number of hydrogen-bond acceptors (Lipinski definition) is 1. The lowest BCUT2D eigenvalue weighted by Gasteiger charge is -2.08. The zero-order chi connectivity index (χ0) is 10.8. The van der Waals surface area contributed by atoms with Crippen molar-refractivity contribution >= 4 is 0 Å². The Bertz CT molecular complexity index is 319. The lowest BCUT2D eigenvalue weighted by atomic mass is 10.1. The first-order valence-electron chi connectivity index (χ1n) is 3.96. The lowest BCUT2D eigenvalue weighted by molar-refractivity contribution is -0.127. The van der Waals surface area contributed by atoms with Gasteiger partial charge in [-0.05, 0) is 17.2 Å². The smallest absolute Gasteiger partial charge is 0.326 e. The van der Waals surface area contributed by atoms with Crippen LogP contribution in [-0.2, 0) is 13.0 Å². The van der Waals surface area contributed by atoms with E-state index >= 15 is 0 Å². The molecule has 0 saturated carbocycles. The molecule has 0 aliphatic carbocycles. The van der Waals surface area contributed by atoms with Gasteiger partial charge in [-0.3, -0.25) is 0 Å². The summed E-state index contributed by atoms with van der Waals surface area (Å²) in [6, 6.07) is 3.54. The Morgan fingerprint density at radius 3 is 2.29 bits per heavy atom. The fourth-order valence-corrected chi connectivity index (χ4v) is 1.08. The molecule has 0 radical (unpaired) electrons. The van der Waals surface area contributed by atoms with Crippen LogP contribution in [0, 0.1) is 5.82 Å². The van der Waals surface area contributed by atoms with Gasteiger partial charge in [-0.2, -0.15) is 13.2 Å². The van der Waals surface area contributed by atoms with Crippen molar-refractivity contribution in [3.8, 4) is 0 Å². The Kier molecular flexibility index (Phi) is 3.10. The first-order chi connectivity index (χ1) is 6.42. The summed E-state index contributed by atoms with van der Waals surface area (Å²) < 4.78 is 48.7. The lowest BCUT2D eigenvalue weighted by Crippen LogP contribution is -2.13. The van der Waals surface area contributed by atoms with E-state index in [1.54, 1.807) is 0 Å². The van der Waals surface area contributed by atoms with Gasteiger partial charge in [0.25, 0.3) is 0 Å². The monoisotopic (exact) mass is 207 g/mol. The van der Waals surface area contributed by atoms with Gasteiger partial charge in [-0.25, -0.2) is 4.39 Å². The molecule has 0 bridgehead atoms. The van der Waals surface area contributed by atoms with Gasteiger partial charge in [0, 0.05) is 6.54 Å². The molecule has 78 valence electrons. The van der Waals surface area contributed by atoms with E-state index < -0.39 is 18.4 Å². The second kappa shape index (κ2) is 3.96.